The number of thiazole rings is 1. The monoisotopic (exact) mass is 327 g/mol. The van der Waals surface area contributed by atoms with Gasteiger partial charge in [-0.15, -0.1) is 11.3 Å². The molecule has 2 rings (SSSR count). The molecule has 0 saturated carbocycles. The Morgan fingerprint density at radius 2 is 2.05 bits per heavy atom. The summed E-state index contributed by atoms with van der Waals surface area (Å²) in [5.74, 6) is -1.35. The number of aromatic carboxylic acids is 1. The highest BCUT2D eigenvalue weighted by atomic mass is 32.2. The second-order valence-corrected chi connectivity index (χ2v) is 7.32. The maximum atomic E-state index is 12.4. The quantitative estimate of drug-likeness (QED) is 0.852. The van der Waals surface area contributed by atoms with Gasteiger partial charge in [0.25, 0.3) is 10.0 Å². The van der Waals surface area contributed by atoms with Crippen LogP contribution < -0.4 is 0 Å². The number of hydrogen-bond donors (Lipinski definition) is 1. The van der Waals surface area contributed by atoms with Crippen LogP contribution in [0.25, 0.3) is 0 Å². The lowest BCUT2D eigenvalue weighted by Crippen LogP contribution is -2.29. The van der Waals surface area contributed by atoms with Crippen LogP contribution in [0.2, 0.25) is 0 Å². The molecule has 0 amide bonds. The fourth-order valence-corrected chi connectivity index (χ4v) is 4.16. The highest BCUT2D eigenvalue weighted by Crippen LogP contribution is 2.23. The number of carboxylic acids is 1. The number of carbonyl (C=O) groups is 1. The van der Waals surface area contributed by atoms with Crippen LogP contribution >= 0.6 is 11.3 Å². The molecule has 0 spiro atoms. The van der Waals surface area contributed by atoms with Gasteiger partial charge in [-0.25, -0.2) is 18.2 Å². The number of hydrogen-bond acceptors (Lipinski definition) is 6. The molecule has 2 aromatic heterocycles. The van der Waals surface area contributed by atoms with E-state index < -0.39 is 21.7 Å². The summed E-state index contributed by atoms with van der Waals surface area (Å²) in [6.07, 6.45) is 3.78. The molecule has 0 aromatic carbocycles. The molecule has 0 aliphatic heterocycles. The van der Waals surface area contributed by atoms with E-state index in [1.54, 1.807) is 24.5 Å². The first-order valence-corrected chi connectivity index (χ1v) is 8.27. The van der Waals surface area contributed by atoms with Crippen molar-refractivity contribution in [3.63, 3.8) is 0 Å². The molecule has 0 aliphatic carbocycles. The minimum Gasteiger partial charge on any atom is -0.476 e. The number of likely N-dealkylation sites (N-methyl/N-ethyl adjacent to an activating group) is 1. The van der Waals surface area contributed by atoms with E-state index in [-0.39, 0.29) is 10.8 Å². The maximum Gasteiger partial charge on any atom is 0.356 e. The van der Waals surface area contributed by atoms with Crippen LogP contribution in [0.15, 0.2) is 34.2 Å². The summed E-state index contributed by atoms with van der Waals surface area (Å²) in [4.78, 5) is 18.5. The van der Waals surface area contributed by atoms with Gasteiger partial charge < -0.3 is 5.11 Å². The van der Waals surface area contributed by atoms with E-state index in [0.29, 0.717) is 6.42 Å². The van der Waals surface area contributed by atoms with E-state index in [9.17, 15) is 13.2 Å². The molecule has 112 valence electrons. The lowest BCUT2D eigenvalue weighted by atomic mass is 10.2. The number of aromatic nitrogens is 2. The maximum absolute atomic E-state index is 12.4. The molecule has 0 fully saturated rings. The van der Waals surface area contributed by atoms with E-state index in [0.717, 1.165) is 21.2 Å². The minimum atomic E-state index is -3.85. The Morgan fingerprint density at radius 1 is 1.38 bits per heavy atom. The van der Waals surface area contributed by atoms with E-state index in [4.69, 9.17) is 5.11 Å². The zero-order valence-electron chi connectivity index (χ0n) is 11.1. The number of rotatable bonds is 6. The van der Waals surface area contributed by atoms with E-state index in [1.165, 1.54) is 12.6 Å². The highest BCUT2D eigenvalue weighted by molar-refractivity contribution is 7.91. The van der Waals surface area contributed by atoms with Crippen LogP contribution in [0.1, 0.15) is 16.1 Å². The zero-order chi connectivity index (χ0) is 15.5. The summed E-state index contributed by atoms with van der Waals surface area (Å²) in [5, 5.41) is 8.96. The average Bonchev–Trinajstić information content (AvgIpc) is 2.96. The normalized spacial score (nSPS) is 11.7. The van der Waals surface area contributed by atoms with E-state index >= 15 is 0 Å². The molecule has 0 atom stereocenters. The molecule has 9 heteroatoms. The van der Waals surface area contributed by atoms with Crippen molar-refractivity contribution >= 4 is 27.3 Å². The predicted octanol–water partition coefficient (Wildman–Crippen LogP) is 1.10. The van der Waals surface area contributed by atoms with Gasteiger partial charge in [0.05, 0.1) is 5.51 Å². The zero-order valence-corrected chi connectivity index (χ0v) is 12.8. The molecule has 21 heavy (non-hydrogen) atoms. The Morgan fingerprint density at radius 3 is 2.67 bits per heavy atom. The summed E-state index contributed by atoms with van der Waals surface area (Å²) < 4.78 is 25.6. The number of pyridine rings is 1. The van der Waals surface area contributed by atoms with Crippen molar-refractivity contribution in [2.24, 2.45) is 0 Å². The third-order valence-electron chi connectivity index (χ3n) is 2.85. The molecule has 0 radical (unpaired) electrons. The first-order valence-electron chi connectivity index (χ1n) is 5.95. The van der Waals surface area contributed by atoms with Crippen LogP contribution in [-0.4, -0.2) is 47.4 Å². The molecule has 7 nitrogen and oxygen atoms in total. The molecule has 2 heterocycles. The van der Waals surface area contributed by atoms with Crippen LogP contribution in [0, 0.1) is 0 Å². The Bertz CT molecular complexity index is 728. The Labute approximate surface area is 126 Å². The molecule has 1 N–H and O–H groups in total. The van der Waals surface area contributed by atoms with Gasteiger partial charge >= 0.3 is 5.97 Å². The van der Waals surface area contributed by atoms with E-state index in [1.807, 2.05) is 0 Å². The van der Waals surface area contributed by atoms with Crippen LogP contribution in [0.4, 0.5) is 0 Å². The van der Waals surface area contributed by atoms with Gasteiger partial charge in [0, 0.05) is 26.0 Å². The third kappa shape index (κ3) is 3.43. The van der Waals surface area contributed by atoms with Crippen molar-refractivity contribution in [3.05, 3.63) is 41.3 Å². The fraction of sp³-hybridized carbons (Fsp3) is 0.250. The molecular weight excluding hydrogens is 314 g/mol. The fourth-order valence-electron chi connectivity index (χ4n) is 1.66. The van der Waals surface area contributed by atoms with Gasteiger partial charge in [-0.2, -0.15) is 4.31 Å². The molecule has 0 unspecified atom stereocenters. The standard InChI is InChI=1S/C12H13N3O4S2/c1-15(7-4-9-2-5-13-6-3-9)21(18,19)12-10(11(16)17)14-8-20-12/h2-3,5-6,8H,4,7H2,1H3,(H,16,17). The topological polar surface area (TPSA) is 100 Å². The third-order valence-corrected chi connectivity index (χ3v) is 6.05. The largest absolute Gasteiger partial charge is 0.476 e. The number of nitrogens with zero attached hydrogens (tertiary/aromatic N) is 3. The lowest BCUT2D eigenvalue weighted by molar-refractivity contribution is 0.0687. The second kappa shape index (κ2) is 6.29. The molecule has 0 bridgehead atoms. The summed E-state index contributed by atoms with van der Waals surface area (Å²) in [6, 6.07) is 3.60. The number of sulfonamides is 1. The van der Waals surface area contributed by atoms with Gasteiger partial charge in [-0.05, 0) is 24.1 Å². The van der Waals surface area contributed by atoms with Crippen molar-refractivity contribution in [2.75, 3.05) is 13.6 Å². The van der Waals surface area contributed by atoms with Crippen molar-refractivity contribution in [1.82, 2.24) is 14.3 Å². The molecule has 0 saturated heterocycles. The lowest BCUT2D eigenvalue weighted by Gasteiger charge is -2.16. The van der Waals surface area contributed by atoms with Crippen LogP contribution in [0.3, 0.4) is 0 Å². The second-order valence-electron chi connectivity index (χ2n) is 4.23. The van der Waals surface area contributed by atoms with Gasteiger partial charge in [0.1, 0.15) is 0 Å². The Kier molecular flexibility index (Phi) is 4.66. The van der Waals surface area contributed by atoms with Crippen LogP contribution in [0.5, 0.6) is 0 Å². The van der Waals surface area contributed by atoms with Crippen molar-refractivity contribution in [3.8, 4) is 0 Å². The predicted molar refractivity (Wildman–Crippen MR) is 76.8 cm³/mol. The van der Waals surface area contributed by atoms with Gasteiger partial charge in [0.15, 0.2) is 9.90 Å². The van der Waals surface area contributed by atoms with Crippen molar-refractivity contribution in [1.29, 1.82) is 0 Å². The summed E-state index contributed by atoms with van der Waals surface area (Å²) in [5.41, 5.74) is 1.73. The highest BCUT2D eigenvalue weighted by Gasteiger charge is 2.29. The average molecular weight is 327 g/mol. The van der Waals surface area contributed by atoms with Gasteiger partial charge in [-0.3, -0.25) is 4.98 Å². The summed E-state index contributed by atoms with van der Waals surface area (Å²) >= 11 is 0.803. The first-order chi connectivity index (χ1) is 9.93. The molecule has 2 aromatic rings. The number of carboxylic acid groups (broad SMARTS) is 1. The molecule has 0 aliphatic rings. The van der Waals surface area contributed by atoms with Crippen molar-refractivity contribution in [2.45, 2.75) is 10.6 Å². The Balaban J connectivity index is 2.15. The SMILES string of the molecule is CN(CCc1ccncc1)S(=O)(=O)c1scnc1C(=O)O. The molecular formula is C12H13N3O4S2. The first kappa shape index (κ1) is 15.5. The van der Waals surface area contributed by atoms with Crippen LogP contribution in [-0.2, 0) is 16.4 Å². The van der Waals surface area contributed by atoms with Gasteiger partial charge in [0.2, 0.25) is 0 Å². The summed E-state index contributed by atoms with van der Waals surface area (Å²) in [7, 11) is -2.43. The summed E-state index contributed by atoms with van der Waals surface area (Å²) in [6.45, 7) is 0.239. The Hall–Kier alpha value is -1.84. The van der Waals surface area contributed by atoms with Crippen molar-refractivity contribution < 1.29 is 18.3 Å². The minimum absolute atomic E-state index is 0.239. The smallest absolute Gasteiger partial charge is 0.356 e. The van der Waals surface area contributed by atoms with E-state index in [2.05, 4.69) is 9.97 Å². The van der Waals surface area contributed by atoms with Gasteiger partial charge in [-0.1, -0.05) is 0 Å².